The maximum Gasteiger partial charge on any atom is 0.460 e. The molecule has 3 fully saturated rings. The summed E-state index contributed by atoms with van der Waals surface area (Å²) in [5.41, 5.74) is 0. The SMILES string of the molecule is CC1(C)O[C@H]2[C@@H](O1)[C@@H](CC(F)(F)C(F)(F)C(F)(F)C(F)(F)C(F)(F)C(F)(F)F)O[C@@H]1OC(C)(C)O[C@@H]12. The second kappa shape index (κ2) is 7.95. The molecular formula is C18H19F13O5. The molecule has 3 rings (SSSR count). The molecule has 5 nitrogen and oxygen atoms in total. The summed E-state index contributed by atoms with van der Waals surface area (Å²) in [5, 5.41) is 0. The Morgan fingerprint density at radius 3 is 1.44 bits per heavy atom. The van der Waals surface area contributed by atoms with Gasteiger partial charge in [0.1, 0.15) is 18.3 Å². The minimum atomic E-state index is -7.98. The molecule has 0 N–H and O–H groups in total. The number of rotatable bonds is 6. The Balaban J connectivity index is 1.94. The lowest BCUT2D eigenvalue weighted by Gasteiger charge is -2.42. The standard InChI is InChI=1S/C18H19F13O5/c1-11(2)33-7-6(32-10-9(8(7)34-11)35-12(3,4)36-10)5-13(19,20)14(21,22)15(23,24)16(25,26)17(27,28)18(29,30)31/h6-10H,5H2,1-4H3/t6-,7+,8+,9-,10-/m1/s1. The molecule has 36 heavy (non-hydrogen) atoms. The van der Waals surface area contributed by atoms with Crippen LogP contribution in [0, 0.1) is 0 Å². The topological polar surface area (TPSA) is 46.2 Å². The first kappa shape index (κ1) is 29.4. The van der Waals surface area contributed by atoms with Crippen LogP contribution in [0.3, 0.4) is 0 Å². The first-order valence-electron chi connectivity index (χ1n) is 10.0. The Kier molecular flexibility index (Phi) is 6.51. The molecule has 0 aromatic carbocycles. The highest BCUT2D eigenvalue weighted by molar-refractivity contribution is 5.11. The van der Waals surface area contributed by atoms with E-state index in [1.54, 1.807) is 0 Å². The largest absolute Gasteiger partial charge is 0.460 e. The van der Waals surface area contributed by atoms with Gasteiger partial charge in [-0.3, -0.25) is 0 Å². The maximum atomic E-state index is 14.5. The van der Waals surface area contributed by atoms with E-state index in [0.717, 1.165) is 0 Å². The second-order valence-electron chi connectivity index (χ2n) is 9.41. The molecule has 0 spiro atoms. The van der Waals surface area contributed by atoms with Gasteiger partial charge in [0.15, 0.2) is 17.9 Å². The number of ether oxygens (including phenoxy) is 5. The van der Waals surface area contributed by atoms with Gasteiger partial charge in [0.05, 0.1) is 6.10 Å². The average molecular weight is 562 g/mol. The molecule has 5 atom stereocenters. The summed E-state index contributed by atoms with van der Waals surface area (Å²) >= 11 is 0. The van der Waals surface area contributed by atoms with Crippen molar-refractivity contribution < 1.29 is 80.8 Å². The third-order valence-electron chi connectivity index (χ3n) is 5.71. The normalized spacial score (nSPS) is 33.4. The van der Waals surface area contributed by atoms with Crippen LogP contribution in [0.2, 0.25) is 0 Å². The van der Waals surface area contributed by atoms with Crippen LogP contribution in [0.15, 0.2) is 0 Å². The number of halogens is 13. The van der Waals surface area contributed by atoms with Crippen LogP contribution in [0.5, 0.6) is 0 Å². The molecular weight excluding hydrogens is 543 g/mol. The van der Waals surface area contributed by atoms with Crippen molar-refractivity contribution >= 4 is 0 Å². The predicted molar refractivity (Wildman–Crippen MR) is 87.9 cm³/mol. The Morgan fingerprint density at radius 1 is 0.528 bits per heavy atom. The zero-order valence-corrected chi connectivity index (χ0v) is 18.5. The molecule has 18 heteroatoms. The molecule has 3 aliphatic rings. The second-order valence-corrected chi connectivity index (χ2v) is 9.41. The highest BCUT2D eigenvalue weighted by Gasteiger charge is 2.90. The van der Waals surface area contributed by atoms with Crippen molar-refractivity contribution in [3.05, 3.63) is 0 Å². The Labute approximate surface area is 194 Å². The first-order chi connectivity index (χ1) is 15.7. The van der Waals surface area contributed by atoms with Crippen molar-refractivity contribution in [2.24, 2.45) is 0 Å². The highest BCUT2D eigenvalue weighted by atomic mass is 19.4. The number of hydrogen-bond acceptors (Lipinski definition) is 5. The lowest BCUT2D eigenvalue weighted by atomic mass is 9.88. The fourth-order valence-corrected chi connectivity index (χ4v) is 4.04. The van der Waals surface area contributed by atoms with Crippen LogP contribution in [0.4, 0.5) is 57.1 Å². The quantitative estimate of drug-likeness (QED) is 0.400. The summed E-state index contributed by atoms with van der Waals surface area (Å²) in [4.78, 5) is 0. The van der Waals surface area contributed by atoms with E-state index in [2.05, 4.69) is 0 Å². The van der Waals surface area contributed by atoms with Crippen LogP contribution < -0.4 is 0 Å². The van der Waals surface area contributed by atoms with Gasteiger partial charge < -0.3 is 23.7 Å². The van der Waals surface area contributed by atoms with Gasteiger partial charge in [0.2, 0.25) is 0 Å². The van der Waals surface area contributed by atoms with Crippen molar-refractivity contribution in [2.75, 3.05) is 0 Å². The van der Waals surface area contributed by atoms with Crippen molar-refractivity contribution in [3.8, 4) is 0 Å². The zero-order valence-electron chi connectivity index (χ0n) is 18.5. The number of hydrogen-bond donors (Lipinski definition) is 0. The molecule has 0 aromatic heterocycles. The molecule has 212 valence electrons. The molecule has 0 unspecified atom stereocenters. The minimum Gasteiger partial charge on any atom is -0.343 e. The van der Waals surface area contributed by atoms with Gasteiger partial charge in [-0.1, -0.05) is 0 Å². The van der Waals surface area contributed by atoms with Crippen molar-refractivity contribution in [3.63, 3.8) is 0 Å². The van der Waals surface area contributed by atoms with E-state index in [4.69, 9.17) is 23.7 Å². The number of alkyl halides is 13. The molecule has 0 saturated carbocycles. The van der Waals surface area contributed by atoms with Crippen LogP contribution in [-0.4, -0.2) is 78.1 Å². The van der Waals surface area contributed by atoms with Gasteiger partial charge in [-0.2, -0.15) is 57.1 Å². The Hall–Kier alpha value is -1.11. The fraction of sp³-hybridized carbons (Fsp3) is 1.00. The molecule has 0 bridgehead atoms. The molecule has 3 saturated heterocycles. The molecule has 3 heterocycles. The molecule has 0 aliphatic carbocycles. The van der Waals surface area contributed by atoms with E-state index in [1.165, 1.54) is 27.7 Å². The van der Waals surface area contributed by atoms with E-state index in [1.807, 2.05) is 0 Å². The van der Waals surface area contributed by atoms with Crippen LogP contribution >= 0.6 is 0 Å². The van der Waals surface area contributed by atoms with Crippen LogP contribution in [0.25, 0.3) is 0 Å². The monoisotopic (exact) mass is 562 g/mol. The lowest BCUT2D eigenvalue weighted by molar-refractivity contribution is -0.441. The van der Waals surface area contributed by atoms with Gasteiger partial charge in [-0.25, -0.2) is 0 Å². The Morgan fingerprint density at radius 2 is 0.944 bits per heavy atom. The molecule has 0 amide bonds. The number of fused-ring (bicyclic) bond motifs is 3. The van der Waals surface area contributed by atoms with Gasteiger partial charge in [-0.15, -0.1) is 0 Å². The minimum absolute atomic E-state index is 1.21. The predicted octanol–water partition coefficient (Wildman–Crippen LogP) is 5.51. The van der Waals surface area contributed by atoms with E-state index >= 15 is 0 Å². The zero-order chi connectivity index (χ0) is 28.1. The van der Waals surface area contributed by atoms with Crippen LogP contribution in [0.1, 0.15) is 34.1 Å². The third kappa shape index (κ3) is 4.23. The smallest absolute Gasteiger partial charge is 0.343 e. The maximum absolute atomic E-state index is 14.5. The van der Waals surface area contributed by atoms with Gasteiger partial charge in [0, 0.05) is 6.42 Å². The van der Waals surface area contributed by atoms with Gasteiger partial charge in [0.25, 0.3) is 0 Å². The summed E-state index contributed by atoms with van der Waals surface area (Å²) in [6.07, 6.45) is -18.5. The van der Waals surface area contributed by atoms with E-state index < -0.39 is 84.5 Å². The highest BCUT2D eigenvalue weighted by Crippen LogP contribution is 2.61. The lowest BCUT2D eigenvalue weighted by Crippen LogP contribution is -2.70. The molecule has 0 radical (unpaired) electrons. The first-order valence-corrected chi connectivity index (χ1v) is 10.0. The van der Waals surface area contributed by atoms with Crippen molar-refractivity contribution in [2.45, 2.75) is 112 Å². The summed E-state index contributed by atoms with van der Waals surface area (Å²) in [7, 11) is 0. The summed E-state index contributed by atoms with van der Waals surface area (Å²) in [6, 6.07) is 0. The van der Waals surface area contributed by atoms with E-state index in [0.29, 0.717) is 0 Å². The third-order valence-corrected chi connectivity index (χ3v) is 5.71. The Bertz CT molecular complexity index is 857. The summed E-state index contributed by atoms with van der Waals surface area (Å²) < 4.78 is 201. The van der Waals surface area contributed by atoms with Crippen molar-refractivity contribution in [1.29, 1.82) is 0 Å². The van der Waals surface area contributed by atoms with E-state index in [-0.39, 0.29) is 0 Å². The van der Waals surface area contributed by atoms with Crippen molar-refractivity contribution in [1.82, 2.24) is 0 Å². The molecule has 3 aliphatic heterocycles. The van der Waals surface area contributed by atoms with Gasteiger partial charge >= 0.3 is 35.8 Å². The fourth-order valence-electron chi connectivity index (χ4n) is 4.04. The summed E-state index contributed by atoms with van der Waals surface area (Å²) in [6.45, 7) is 5.12. The summed E-state index contributed by atoms with van der Waals surface area (Å²) in [5.74, 6) is -40.5. The van der Waals surface area contributed by atoms with Crippen LogP contribution in [-0.2, 0) is 23.7 Å². The van der Waals surface area contributed by atoms with E-state index in [9.17, 15) is 57.1 Å². The average Bonchev–Trinajstić information content (AvgIpc) is 3.14. The molecule has 0 aromatic rings. The van der Waals surface area contributed by atoms with Gasteiger partial charge in [-0.05, 0) is 27.7 Å².